The minimum absolute atomic E-state index is 0. The molecule has 1 fully saturated rings. The van der Waals surface area contributed by atoms with Crippen LogP contribution in [-0.2, 0) is 6.54 Å². The van der Waals surface area contributed by atoms with Crippen molar-refractivity contribution < 1.29 is 0 Å². The van der Waals surface area contributed by atoms with Crippen molar-refractivity contribution in [1.29, 1.82) is 0 Å². The Hall–Kier alpha value is -0.820. The number of aliphatic imine (C=N–C) groups is 1. The summed E-state index contributed by atoms with van der Waals surface area (Å²) in [6, 6.07) is 10.4. The molecule has 1 aliphatic rings. The van der Waals surface area contributed by atoms with Gasteiger partial charge < -0.3 is 15.5 Å². The van der Waals surface area contributed by atoms with Crippen LogP contribution < -0.4 is 10.6 Å². The van der Waals surface area contributed by atoms with Crippen molar-refractivity contribution in [3.63, 3.8) is 0 Å². The van der Waals surface area contributed by atoms with Crippen LogP contribution in [0.25, 0.3) is 0 Å². The molecule has 0 aliphatic carbocycles. The number of hydrogen-bond acceptors (Lipinski definition) is 2. The van der Waals surface area contributed by atoms with E-state index < -0.39 is 0 Å². The third-order valence-electron chi connectivity index (χ3n) is 4.17. The lowest BCUT2D eigenvalue weighted by atomic mass is 10.2. The summed E-state index contributed by atoms with van der Waals surface area (Å²) in [4.78, 5) is 6.89. The molecule has 0 bridgehead atoms. The third-order valence-corrected chi connectivity index (χ3v) is 4.17. The first kappa shape index (κ1) is 20.2. The zero-order chi connectivity index (χ0) is 15.5. The summed E-state index contributed by atoms with van der Waals surface area (Å²) in [5.41, 5.74) is 1.27. The lowest BCUT2D eigenvalue weighted by Crippen LogP contribution is -2.38. The predicted octanol–water partition coefficient (Wildman–Crippen LogP) is 3.24. The van der Waals surface area contributed by atoms with Crippen molar-refractivity contribution in [3.05, 3.63) is 35.9 Å². The van der Waals surface area contributed by atoms with E-state index in [0.717, 1.165) is 19.0 Å². The van der Waals surface area contributed by atoms with Crippen LogP contribution in [0.2, 0.25) is 0 Å². The fraction of sp³-hybridized carbons (Fsp3) is 0.611. The largest absolute Gasteiger partial charge is 0.356 e. The van der Waals surface area contributed by atoms with Crippen LogP contribution in [-0.4, -0.2) is 44.1 Å². The van der Waals surface area contributed by atoms with Gasteiger partial charge in [0.15, 0.2) is 5.96 Å². The van der Waals surface area contributed by atoms with Gasteiger partial charge in [-0.1, -0.05) is 43.2 Å². The molecule has 1 aromatic rings. The summed E-state index contributed by atoms with van der Waals surface area (Å²) in [5, 5.41) is 6.77. The minimum atomic E-state index is 0. The second-order valence-corrected chi connectivity index (χ2v) is 5.95. The van der Waals surface area contributed by atoms with Gasteiger partial charge in [-0.05, 0) is 44.5 Å². The minimum Gasteiger partial charge on any atom is -0.356 e. The molecule has 1 heterocycles. The highest BCUT2D eigenvalue weighted by atomic mass is 127. The summed E-state index contributed by atoms with van der Waals surface area (Å²) in [5.74, 6) is 0.889. The van der Waals surface area contributed by atoms with E-state index in [4.69, 9.17) is 0 Å². The van der Waals surface area contributed by atoms with Crippen molar-refractivity contribution in [2.45, 2.75) is 38.6 Å². The number of guanidine groups is 1. The van der Waals surface area contributed by atoms with E-state index in [2.05, 4.69) is 44.8 Å². The zero-order valence-electron chi connectivity index (χ0n) is 14.3. The standard InChI is InChI=1S/C18H30N4.HI/c1-19-18(21-16-17-10-5-4-6-11-17)20-12-9-15-22-13-7-2-3-8-14-22;/h4-6,10-11H,2-3,7-9,12-16H2,1H3,(H2,19,20,21);1H. The molecule has 5 heteroatoms. The molecule has 0 atom stereocenters. The van der Waals surface area contributed by atoms with E-state index in [0.29, 0.717) is 0 Å². The molecule has 0 amide bonds. The molecule has 2 rings (SSSR count). The maximum Gasteiger partial charge on any atom is 0.191 e. The number of nitrogens with zero attached hydrogens (tertiary/aromatic N) is 2. The number of rotatable bonds is 6. The molecule has 1 saturated heterocycles. The van der Waals surface area contributed by atoms with Gasteiger partial charge in [-0.15, -0.1) is 24.0 Å². The van der Waals surface area contributed by atoms with Gasteiger partial charge in [0.25, 0.3) is 0 Å². The summed E-state index contributed by atoms with van der Waals surface area (Å²) < 4.78 is 0. The van der Waals surface area contributed by atoms with E-state index >= 15 is 0 Å². The fourth-order valence-corrected chi connectivity index (χ4v) is 2.87. The summed E-state index contributed by atoms with van der Waals surface area (Å²) >= 11 is 0. The summed E-state index contributed by atoms with van der Waals surface area (Å²) in [6.45, 7) is 5.54. The van der Waals surface area contributed by atoms with Crippen LogP contribution in [0.3, 0.4) is 0 Å². The highest BCUT2D eigenvalue weighted by molar-refractivity contribution is 14.0. The Morgan fingerprint density at radius 2 is 1.74 bits per heavy atom. The molecule has 0 radical (unpaired) electrons. The molecule has 0 saturated carbocycles. The van der Waals surface area contributed by atoms with Crippen LogP contribution in [0, 0.1) is 0 Å². The van der Waals surface area contributed by atoms with Gasteiger partial charge in [-0.3, -0.25) is 4.99 Å². The Balaban J connectivity index is 0.00000264. The van der Waals surface area contributed by atoms with Gasteiger partial charge in [-0.25, -0.2) is 0 Å². The Morgan fingerprint density at radius 1 is 1.04 bits per heavy atom. The highest BCUT2D eigenvalue weighted by Gasteiger charge is 2.08. The maximum atomic E-state index is 4.28. The Kier molecular flexibility index (Phi) is 11.1. The number of benzene rings is 1. The van der Waals surface area contributed by atoms with Crippen molar-refractivity contribution in [3.8, 4) is 0 Å². The van der Waals surface area contributed by atoms with E-state index in [-0.39, 0.29) is 24.0 Å². The van der Waals surface area contributed by atoms with Crippen LogP contribution in [0.5, 0.6) is 0 Å². The first-order valence-corrected chi connectivity index (χ1v) is 8.59. The topological polar surface area (TPSA) is 39.7 Å². The number of likely N-dealkylation sites (tertiary alicyclic amines) is 1. The monoisotopic (exact) mass is 430 g/mol. The number of hydrogen-bond donors (Lipinski definition) is 2. The van der Waals surface area contributed by atoms with Gasteiger partial charge in [0, 0.05) is 20.1 Å². The second-order valence-electron chi connectivity index (χ2n) is 5.95. The van der Waals surface area contributed by atoms with Crippen LogP contribution >= 0.6 is 24.0 Å². The Bertz CT molecular complexity index is 428. The van der Waals surface area contributed by atoms with Gasteiger partial charge in [-0.2, -0.15) is 0 Å². The first-order chi connectivity index (χ1) is 10.9. The second kappa shape index (κ2) is 12.6. The molecule has 2 N–H and O–H groups in total. The normalized spacial score (nSPS) is 16.3. The maximum absolute atomic E-state index is 4.28. The summed E-state index contributed by atoms with van der Waals surface area (Å²) in [7, 11) is 1.83. The molecule has 130 valence electrons. The van der Waals surface area contributed by atoms with Gasteiger partial charge in [0.2, 0.25) is 0 Å². The molecular weight excluding hydrogens is 399 g/mol. The quantitative estimate of drug-likeness (QED) is 0.315. The molecule has 23 heavy (non-hydrogen) atoms. The van der Waals surface area contributed by atoms with Crippen molar-refractivity contribution >= 4 is 29.9 Å². The van der Waals surface area contributed by atoms with Crippen LogP contribution in [0.1, 0.15) is 37.7 Å². The molecule has 0 unspecified atom stereocenters. The number of halogens is 1. The molecule has 4 nitrogen and oxygen atoms in total. The molecule has 1 aromatic carbocycles. The first-order valence-electron chi connectivity index (χ1n) is 8.59. The average molecular weight is 430 g/mol. The zero-order valence-corrected chi connectivity index (χ0v) is 16.6. The molecule has 0 aromatic heterocycles. The van der Waals surface area contributed by atoms with Gasteiger partial charge in [0.05, 0.1) is 0 Å². The van der Waals surface area contributed by atoms with Crippen LogP contribution in [0.4, 0.5) is 0 Å². The molecule has 0 spiro atoms. The van der Waals surface area contributed by atoms with E-state index in [1.807, 2.05) is 13.1 Å². The fourth-order valence-electron chi connectivity index (χ4n) is 2.87. The Labute approximate surface area is 158 Å². The third kappa shape index (κ3) is 8.55. The van der Waals surface area contributed by atoms with Crippen molar-refractivity contribution in [2.24, 2.45) is 4.99 Å². The smallest absolute Gasteiger partial charge is 0.191 e. The lowest BCUT2D eigenvalue weighted by molar-refractivity contribution is 0.282. The van der Waals surface area contributed by atoms with E-state index in [9.17, 15) is 0 Å². The van der Waals surface area contributed by atoms with Crippen molar-refractivity contribution in [1.82, 2.24) is 15.5 Å². The average Bonchev–Trinajstić information content (AvgIpc) is 2.84. The SMILES string of the molecule is CN=C(NCCCN1CCCCCC1)NCc1ccccc1.I. The Morgan fingerprint density at radius 3 is 2.39 bits per heavy atom. The highest BCUT2D eigenvalue weighted by Crippen LogP contribution is 2.09. The van der Waals surface area contributed by atoms with Crippen LogP contribution in [0.15, 0.2) is 35.3 Å². The molecular formula is C18H31IN4. The van der Waals surface area contributed by atoms with Gasteiger partial charge >= 0.3 is 0 Å². The van der Waals surface area contributed by atoms with Crippen molar-refractivity contribution in [2.75, 3.05) is 33.2 Å². The van der Waals surface area contributed by atoms with E-state index in [1.54, 1.807) is 0 Å². The number of nitrogens with one attached hydrogen (secondary N) is 2. The molecule has 1 aliphatic heterocycles. The van der Waals surface area contributed by atoms with Gasteiger partial charge in [0.1, 0.15) is 0 Å². The lowest BCUT2D eigenvalue weighted by Gasteiger charge is -2.20. The summed E-state index contributed by atoms with van der Waals surface area (Å²) in [6.07, 6.45) is 6.73. The predicted molar refractivity (Wildman–Crippen MR) is 110 cm³/mol. The van der Waals surface area contributed by atoms with E-state index in [1.165, 1.54) is 57.3 Å².